The summed E-state index contributed by atoms with van der Waals surface area (Å²) in [5.74, 6) is -0.190. The summed E-state index contributed by atoms with van der Waals surface area (Å²) in [6.45, 7) is 4.71. The molecule has 5 nitrogen and oxygen atoms in total. The summed E-state index contributed by atoms with van der Waals surface area (Å²) in [4.78, 5) is 18.3. The van der Waals surface area contributed by atoms with Crippen molar-refractivity contribution in [1.82, 2.24) is 9.80 Å². The Balaban J connectivity index is 1.61. The number of thiophene rings is 1. The van der Waals surface area contributed by atoms with E-state index < -0.39 is 5.82 Å². The maximum absolute atomic E-state index is 13.7. The van der Waals surface area contributed by atoms with Gasteiger partial charge in [0, 0.05) is 37.6 Å². The molecule has 1 saturated heterocycles. The van der Waals surface area contributed by atoms with Crippen LogP contribution < -0.4 is 10.5 Å². The van der Waals surface area contributed by atoms with Crippen LogP contribution >= 0.6 is 11.3 Å². The summed E-state index contributed by atoms with van der Waals surface area (Å²) in [5, 5.41) is 2.07. The van der Waals surface area contributed by atoms with E-state index in [0.717, 1.165) is 19.6 Å². The predicted octanol–water partition coefficient (Wildman–Crippen LogP) is 2.57. The molecule has 0 spiro atoms. The van der Waals surface area contributed by atoms with Gasteiger partial charge < -0.3 is 15.4 Å². The molecule has 7 heteroatoms. The van der Waals surface area contributed by atoms with Crippen LogP contribution in [-0.2, 0) is 6.54 Å². The number of hydrogen-bond donors (Lipinski definition) is 1. The molecule has 2 aromatic rings. The van der Waals surface area contributed by atoms with Crippen LogP contribution in [0.1, 0.15) is 21.7 Å². The molecule has 2 heterocycles. The van der Waals surface area contributed by atoms with Crippen LogP contribution in [0.25, 0.3) is 0 Å². The molecule has 0 saturated carbocycles. The number of carbonyl (C=O) groups excluding carboxylic acids is 1. The SMILES string of the molecule is NCCCOc1ccc(F)cc1C(=O)N1CCN(Cc2cccs2)CC1. The number of piperazine rings is 1. The Bertz CT molecular complexity index is 716. The number of nitrogens with two attached hydrogens (primary N) is 1. The lowest BCUT2D eigenvalue weighted by molar-refractivity contribution is 0.0625. The van der Waals surface area contributed by atoms with Gasteiger partial charge in [0.2, 0.25) is 0 Å². The number of amides is 1. The molecule has 3 rings (SSSR count). The number of hydrogen-bond acceptors (Lipinski definition) is 5. The first-order chi connectivity index (χ1) is 12.7. The van der Waals surface area contributed by atoms with Crippen LogP contribution in [0.15, 0.2) is 35.7 Å². The van der Waals surface area contributed by atoms with Crippen LogP contribution in [0.3, 0.4) is 0 Å². The second-order valence-electron chi connectivity index (χ2n) is 6.28. The molecule has 2 N–H and O–H groups in total. The second kappa shape index (κ2) is 9.12. The molecule has 1 aliphatic rings. The first-order valence-electron chi connectivity index (χ1n) is 8.84. The Morgan fingerprint density at radius 3 is 2.73 bits per heavy atom. The largest absolute Gasteiger partial charge is 0.493 e. The molecule has 1 aromatic carbocycles. The fraction of sp³-hybridized carbons (Fsp3) is 0.421. The van der Waals surface area contributed by atoms with Crippen molar-refractivity contribution in [2.75, 3.05) is 39.3 Å². The van der Waals surface area contributed by atoms with Crippen LogP contribution in [0.5, 0.6) is 5.75 Å². The van der Waals surface area contributed by atoms with Crippen LogP contribution in [0.2, 0.25) is 0 Å². The number of benzene rings is 1. The summed E-state index contributed by atoms with van der Waals surface area (Å²) >= 11 is 1.74. The zero-order valence-electron chi connectivity index (χ0n) is 14.7. The summed E-state index contributed by atoms with van der Waals surface area (Å²) < 4.78 is 19.3. The summed E-state index contributed by atoms with van der Waals surface area (Å²) in [7, 11) is 0. The molecule has 0 bridgehead atoms. The Hall–Kier alpha value is -1.96. The topological polar surface area (TPSA) is 58.8 Å². The maximum atomic E-state index is 13.7. The molecule has 0 unspecified atom stereocenters. The van der Waals surface area contributed by atoms with Crippen LogP contribution in [0.4, 0.5) is 4.39 Å². The Morgan fingerprint density at radius 2 is 2.04 bits per heavy atom. The van der Waals surface area contributed by atoms with Gasteiger partial charge in [-0.1, -0.05) is 6.07 Å². The number of rotatable bonds is 7. The highest BCUT2D eigenvalue weighted by Crippen LogP contribution is 2.23. The average molecular weight is 377 g/mol. The fourth-order valence-electron chi connectivity index (χ4n) is 2.96. The molecule has 140 valence electrons. The van der Waals surface area contributed by atoms with Gasteiger partial charge in [0.25, 0.3) is 5.91 Å². The van der Waals surface area contributed by atoms with Gasteiger partial charge in [-0.15, -0.1) is 11.3 Å². The highest BCUT2D eigenvalue weighted by atomic mass is 32.1. The third-order valence-electron chi connectivity index (χ3n) is 4.40. The maximum Gasteiger partial charge on any atom is 0.257 e. The van der Waals surface area contributed by atoms with E-state index in [9.17, 15) is 9.18 Å². The van der Waals surface area contributed by atoms with Gasteiger partial charge in [-0.25, -0.2) is 4.39 Å². The first kappa shape index (κ1) is 18.8. The minimum Gasteiger partial charge on any atom is -0.493 e. The second-order valence-corrected chi connectivity index (χ2v) is 7.31. The van der Waals surface area contributed by atoms with Crippen molar-refractivity contribution >= 4 is 17.2 Å². The van der Waals surface area contributed by atoms with Gasteiger partial charge in [-0.05, 0) is 42.6 Å². The predicted molar refractivity (Wildman–Crippen MR) is 101 cm³/mol. The van der Waals surface area contributed by atoms with E-state index in [2.05, 4.69) is 22.4 Å². The van der Waals surface area contributed by atoms with Crippen LogP contribution in [0, 0.1) is 5.82 Å². The summed E-state index contributed by atoms with van der Waals surface area (Å²) in [5.41, 5.74) is 5.76. The van der Waals surface area contributed by atoms with Crippen molar-refractivity contribution in [2.24, 2.45) is 5.73 Å². The van der Waals surface area contributed by atoms with Crippen molar-refractivity contribution < 1.29 is 13.9 Å². The van der Waals surface area contributed by atoms with Gasteiger partial charge in [-0.3, -0.25) is 9.69 Å². The monoisotopic (exact) mass is 377 g/mol. The number of halogens is 1. The molecule has 1 aromatic heterocycles. The van der Waals surface area contributed by atoms with Crippen molar-refractivity contribution in [2.45, 2.75) is 13.0 Å². The smallest absolute Gasteiger partial charge is 0.257 e. The van der Waals surface area contributed by atoms with Crippen molar-refractivity contribution in [1.29, 1.82) is 0 Å². The molecular formula is C19H24FN3O2S. The zero-order valence-corrected chi connectivity index (χ0v) is 15.5. The standard InChI is InChI=1S/C19H24FN3O2S/c20-15-4-5-18(25-11-2-6-21)17(13-15)19(24)23-9-7-22(8-10-23)14-16-3-1-12-26-16/h1,3-5,12-13H,2,6-11,14,21H2. The average Bonchev–Trinajstić information content (AvgIpc) is 3.16. The van der Waals surface area contributed by atoms with Gasteiger partial charge in [0.15, 0.2) is 0 Å². The normalized spacial score (nSPS) is 15.2. The van der Waals surface area contributed by atoms with Gasteiger partial charge in [0.05, 0.1) is 12.2 Å². The lowest BCUT2D eigenvalue weighted by Crippen LogP contribution is -2.48. The number of nitrogens with zero attached hydrogens (tertiary/aromatic N) is 2. The highest BCUT2D eigenvalue weighted by molar-refractivity contribution is 7.09. The van der Waals surface area contributed by atoms with Gasteiger partial charge in [-0.2, -0.15) is 0 Å². The summed E-state index contributed by atoms with van der Waals surface area (Å²) in [6.07, 6.45) is 0.687. The van der Waals surface area contributed by atoms with Crippen molar-refractivity contribution in [3.05, 3.63) is 52.0 Å². The fourth-order valence-corrected chi connectivity index (χ4v) is 3.71. The van der Waals surface area contributed by atoms with E-state index in [1.54, 1.807) is 16.2 Å². The third kappa shape index (κ3) is 4.81. The van der Waals surface area contributed by atoms with E-state index in [4.69, 9.17) is 10.5 Å². The van der Waals surface area contributed by atoms with Crippen LogP contribution in [-0.4, -0.2) is 55.0 Å². The van der Waals surface area contributed by atoms with Crippen molar-refractivity contribution in [3.8, 4) is 5.75 Å². The van der Waals surface area contributed by atoms with Gasteiger partial charge in [0.1, 0.15) is 11.6 Å². The lowest BCUT2D eigenvalue weighted by Gasteiger charge is -2.34. The molecule has 1 fully saturated rings. The third-order valence-corrected chi connectivity index (χ3v) is 5.26. The molecule has 0 atom stereocenters. The number of ether oxygens (including phenoxy) is 1. The lowest BCUT2D eigenvalue weighted by atomic mass is 10.1. The number of carbonyl (C=O) groups is 1. The summed E-state index contributed by atoms with van der Waals surface area (Å²) in [6, 6.07) is 8.27. The Morgan fingerprint density at radius 1 is 1.23 bits per heavy atom. The minimum absolute atomic E-state index is 0.178. The zero-order chi connectivity index (χ0) is 18.4. The first-order valence-corrected chi connectivity index (χ1v) is 9.72. The minimum atomic E-state index is -0.434. The molecule has 26 heavy (non-hydrogen) atoms. The molecule has 0 aliphatic carbocycles. The van der Waals surface area contributed by atoms with Crippen molar-refractivity contribution in [3.63, 3.8) is 0 Å². The molecular weight excluding hydrogens is 353 g/mol. The Labute approximate surface area is 157 Å². The quantitative estimate of drug-likeness (QED) is 0.754. The molecule has 1 aliphatic heterocycles. The van der Waals surface area contributed by atoms with Gasteiger partial charge >= 0.3 is 0 Å². The molecule has 1 amide bonds. The van der Waals surface area contributed by atoms with E-state index in [1.807, 2.05) is 0 Å². The van der Waals surface area contributed by atoms with E-state index in [-0.39, 0.29) is 11.5 Å². The van der Waals surface area contributed by atoms with E-state index in [0.29, 0.717) is 38.4 Å². The molecule has 0 radical (unpaired) electrons. The van der Waals surface area contributed by atoms with E-state index >= 15 is 0 Å². The van der Waals surface area contributed by atoms with E-state index in [1.165, 1.54) is 23.1 Å². The Kier molecular flexibility index (Phi) is 6.60. The highest BCUT2D eigenvalue weighted by Gasteiger charge is 2.25.